The van der Waals surface area contributed by atoms with Crippen molar-refractivity contribution >= 4 is 28.9 Å². The van der Waals surface area contributed by atoms with Crippen molar-refractivity contribution in [2.45, 2.75) is 12.5 Å². The van der Waals surface area contributed by atoms with Crippen molar-refractivity contribution in [2.75, 3.05) is 7.11 Å². The number of carbonyl (C=O) groups excluding carboxylic acids is 2. The summed E-state index contributed by atoms with van der Waals surface area (Å²) in [6.07, 6.45) is 1.50. The lowest BCUT2D eigenvalue weighted by molar-refractivity contribution is -0.131. The Bertz CT molecular complexity index is 1090. The number of fused-ring (bicyclic) bond motifs is 1. The van der Waals surface area contributed by atoms with Crippen LogP contribution in [0.4, 0.5) is 4.79 Å². The Morgan fingerprint density at radius 2 is 1.71 bits per heavy atom. The van der Waals surface area contributed by atoms with Gasteiger partial charge >= 0.3 is 6.03 Å². The summed E-state index contributed by atoms with van der Waals surface area (Å²) in [5, 5.41) is 9.74. The van der Waals surface area contributed by atoms with Gasteiger partial charge in [-0.25, -0.2) is 4.79 Å². The highest BCUT2D eigenvalue weighted by Gasteiger charge is 2.49. The first kappa shape index (κ1) is 17.7. The molecule has 1 fully saturated rings. The zero-order valence-electron chi connectivity index (χ0n) is 15.5. The Morgan fingerprint density at radius 1 is 1.00 bits per heavy atom. The molecule has 0 bridgehead atoms. The summed E-state index contributed by atoms with van der Waals surface area (Å²) in [7, 11) is 1.57. The maximum atomic E-state index is 13.0. The third-order valence-electron chi connectivity index (χ3n) is 4.97. The molecule has 6 nitrogen and oxygen atoms in total. The molecule has 3 aromatic carbocycles. The normalized spacial score (nSPS) is 19.4. The van der Waals surface area contributed by atoms with E-state index in [1.54, 1.807) is 26.2 Å². The molecular weight excluding hydrogens is 354 g/mol. The summed E-state index contributed by atoms with van der Waals surface area (Å²) < 4.78 is 5.44. The fourth-order valence-electron chi connectivity index (χ4n) is 3.40. The highest BCUT2D eigenvalue weighted by atomic mass is 16.5. The quantitative estimate of drug-likeness (QED) is 0.561. The van der Waals surface area contributed by atoms with E-state index >= 15 is 0 Å². The summed E-state index contributed by atoms with van der Waals surface area (Å²) in [5.74, 6) is 0.180. The first-order valence-corrected chi connectivity index (χ1v) is 8.86. The summed E-state index contributed by atoms with van der Waals surface area (Å²) >= 11 is 0. The molecule has 1 aliphatic heterocycles. The van der Waals surface area contributed by atoms with E-state index in [2.05, 4.69) is 10.4 Å². The second-order valence-corrected chi connectivity index (χ2v) is 6.69. The van der Waals surface area contributed by atoms with Gasteiger partial charge in [-0.2, -0.15) is 5.10 Å². The van der Waals surface area contributed by atoms with E-state index in [0.717, 1.165) is 15.8 Å². The third-order valence-corrected chi connectivity index (χ3v) is 4.97. The number of rotatable bonds is 4. The molecule has 0 unspecified atom stereocenters. The Labute approximate surface area is 162 Å². The van der Waals surface area contributed by atoms with Crippen molar-refractivity contribution in [3.63, 3.8) is 0 Å². The Hall–Kier alpha value is -3.67. The van der Waals surface area contributed by atoms with Crippen molar-refractivity contribution in [2.24, 2.45) is 5.10 Å². The van der Waals surface area contributed by atoms with Gasteiger partial charge in [-0.05, 0) is 29.3 Å². The minimum Gasteiger partial charge on any atom is -0.496 e. The number of nitrogens with zero attached hydrogens (tertiary/aromatic N) is 2. The number of hydrogen-bond acceptors (Lipinski definition) is 4. The minimum atomic E-state index is -1.15. The smallest absolute Gasteiger partial charge is 0.346 e. The van der Waals surface area contributed by atoms with E-state index in [9.17, 15) is 9.59 Å². The molecule has 1 heterocycles. The Balaban J connectivity index is 1.72. The van der Waals surface area contributed by atoms with Crippen molar-refractivity contribution < 1.29 is 14.3 Å². The molecule has 28 heavy (non-hydrogen) atoms. The topological polar surface area (TPSA) is 71.0 Å². The van der Waals surface area contributed by atoms with Crippen LogP contribution in [0.5, 0.6) is 5.75 Å². The number of benzene rings is 3. The first-order valence-electron chi connectivity index (χ1n) is 8.86. The van der Waals surface area contributed by atoms with Crippen molar-refractivity contribution in [3.8, 4) is 5.75 Å². The molecule has 0 aromatic heterocycles. The molecule has 4 rings (SSSR count). The van der Waals surface area contributed by atoms with Crippen molar-refractivity contribution in [1.29, 1.82) is 0 Å². The monoisotopic (exact) mass is 373 g/mol. The van der Waals surface area contributed by atoms with Crippen molar-refractivity contribution in [3.05, 3.63) is 77.9 Å². The van der Waals surface area contributed by atoms with Crippen LogP contribution in [-0.4, -0.2) is 30.3 Å². The van der Waals surface area contributed by atoms with Crippen LogP contribution in [0.15, 0.2) is 71.8 Å². The fourth-order valence-corrected chi connectivity index (χ4v) is 3.40. The molecule has 0 spiro atoms. The highest BCUT2D eigenvalue weighted by molar-refractivity contribution is 6.08. The molecule has 3 aromatic rings. The van der Waals surface area contributed by atoms with Gasteiger partial charge in [0.25, 0.3) is 5.91 Å². The molecule has 0 saturated carbocycles. The van der Waals surface area contributed by atoms with Crippen LogP contribution in [0.2, 0.25) is 0 Å². The van der Waals surface area contributed by atoms with Gasteiger partial charge in [-0.15, -0.1) is 5.01 Å². The molecule has 1 saturated heterocycles. The number of ether oxygens (including phenoxy) is 1. The standard InChI is InChI=1S/C22H19N3O3/c1-22(16-9-4-3-5-10-16)20(26)25(21(27)24-22)23-14-18-17-11-7-6-8-15(17)12-13-19(18)28-2/h3-14H,1-2H3,(H,24,27)/t22-/m0/s1. The highest BCUT2D eigenvalue weighted by Crippen LogP contribution is 2.30. The molecule has 0 radical (unpaired) electrons. The second-order valence-electron chi connectivity index (χ2n) is 6.69. The number of urea groups is 1. The fraction of sp³-hybridized carbons (Fsp3) is 0.136. The van der Waals surface area contributed by atoms with Crippen LogP contribution < -0.4 is 10.1 Å². The van der Waals surface area contributed by atoms with Gasteiger partial charge < -0.3 is 10.1 Å². The summed E-state index contributed by atoms with van der Waals surface area (Å²) in [6, 6.07) is 20.1. The van der Waals surface area contributed by atoms with E-state index in [1.165, 1.54) is 6.21 Å². The lowest BCUT2D eigenvalue weighted by Gasteiger charge is -2.21. The minimum absolute atomic E-state index is 0.431. The second kappa shape index (κ2) is 6.81. The maximum Gasteiger partial charge on any atom is 0.346 e. The van der Waals surface area contributed by atoms with Gasteiger partial charge in [0.1, 0.15) is 11.3 Å². The number of nitrogens with one attached hydrogen (secondary N) is 1. The van der Waals surface area contributed by atoms with E-state index in [-0.39, 0.29) is 0 Å². The average molecular weight is 373 g/mol. The number of methoxy groups -OCH3 is 1. The van der Waals surface area contributed by atoms with Crippen LogP contribution in [0.3, 0.4) is 0 Å². The lowest BCUT2D eigenvalue weighted by atomic mass is 9.92. The van der Waals surface area contributed by atoms with Crippen LogP contribution in [0.1, 0.15) is 18.1 Å². The van der Waals surface area contributed by atoms with Gasteiger partial charge in [0, 0.05) is 5.56 Å². The Kier molecular flexibility index (Phi) is 4.31. The van der Waals surface area contributed by atoms with E-state index in [1.807, 2.05) is 54.6 Å². The zero-order valence-corrected chi connectivity index (χ0v) is 15.5. The van der Waals surface area contributed by atoms with E-state index < -0.39 is 17.5 Å². The molecule has 0 aliphatic carbocycles. The summed E-state index contributed by atoms with van der Waals surface area (Å²) in [6.45, 7) is 1.68. The van der Waals surface area contributed by atoms with Crippen LogP contribution >= 0.6 is 0 Å². The summed E-state index contributed by atoms with van der Waals surface area (Å²) in [4.78, 5) is 25.4. The molecule has 6 heteroatoms. The predicted molar refractivity (Wildman–Crippen MR) is 107 cm³/mol. The van der Waals surface area contributed by atoms with Gasteiger partial charge in [0.2, 0.25) is 0 Å². The van der Waals surface area contributed by atoms with Crippen LogP contribution in [0.25, 0.3) is 10.8 Å². The number of carbonyl (C=O) groups is 2. The molecule has 140 valence electrons. The Morgan fingerprint density at radius 3 is 2.46 bits per heavy atom. The molecule has 1 atom stereocenters. The van der Waals surface area contributed by atoms with E-state index in [0.29, 0.717) is 16.9 Å². The van der Waals surface area contributed by atoms with Crippen LogP contribution in [-0.2, 0) is 10.3 Å². The summed E-state index contributed by atoms with van der Waals surface area (Å²) in [5.41, 5.74) is 0.252. The maximum absolute atomic E-state index is 13.0. The number of hydrazone groups is 1. The number of amides is 3. The van der Waals surface area contributed by atoms with Gasteiger partial charge in [0.15, 0.2) is 0 Å². The third kappa shape index (κ3) is 2.79. The molecule has 1 aliphatic rings. The van der Waals surface area contributed by atoms with Gasteiger partial charge in [-0.1, -0.05) is 60.7 Å². The van der Waals surface area contributed by atoms with Crippen LogP contribution in [0, 0.1) is 0 Å². The molecule has 1 N–H and O–H groups in total. The lowest BCUT2D eigenvalue weighted by Crippen LogP contribution is -2.40. The number of hydrogen-bond donors (Lipinski definition) is 1. The predicted octanol–water partition coefficient (Wildman–Crippen LogP) is 3.65. The SMILES string of the molecule is COc1ccc2ccccc2c1C=NN1C(=O)N[C@@](C)(c2ccccc2)C1=O. The molecule has 3 amide bonds. The largest absolute Gasteiger partial charge is 0.496 e. The average Bonchev–Trinajstić information content (AvgIpc) is 2.96. The zero-order chi connectivity index (χ0) is 19.7. The number of imide groups is 1. The van der Waals surface area contributed by atoms with E-state index in [4.69, 9.17) is 4.74 Å². The first-order chi connectivity index (χ1) is 13.5. The molecular formula is C22H19N3O3. The van der Waals surface area contributed by atoms with Crippen molar-refractivity contribution in [1.82, 2.24) is 10.3 Å². The van der Waals surface area contributed by atoms with Gasteiger partial charge in [0.05, 0.1) is 13.3 Å². The van der Waals surface area contributed by atoms with Gasteiger partial charge in [-0.3, -0.25) is 4.79 Å².